The summed E-state index contributed by atoms with van der Waals surface area (Å²) in [6, 6.07) is 0. The molecule has 0 atom stereocenters. The maximum absolute atomic E-state index is 11.7. The Hall–Kier alpha value is -1.64. The Bertz CT molecular complexity index is 402. The van der Waals surface area contributed by atoms with Gasteiger partial charge in [0.05, 0.1) is 0 Å². The molecular formula is C7H6F3N3O2S. The number of nitrogen functional groups attached to an aromatic ring is 1. The standard InChI is InChI=1S/C7H6F3N3O2S/c8-7(9,10)3-15-13-4(1-14)5-2-16-6(11)12-5/h1-2H,3H2,(H2,11,12). The normalized spacial score (nSPS) is 12.6. The Morgan fingerprint density at radius 3 is 2.81 bits per heavy atom. The van der Waals surface area contributed by atoms with Crippen LogP contribution >= 0.6 is 11.3 Å². The van der Waals surface area contributed by atoms with Crippen molar-refractivity contribution in [1.29, 1.82) is 0 Å². The van der Waals surface area contributed by atoms with Crippen molar-refractivity contribution in [1.82, 2.24) is 4.98 Å². The number of halogens is 3. The molecule has 0 aliphatic heterocycles. The van der Waals surface area contributed by atoms with E-state index in [1.165, 1.54) is 5.38 Å². The van der Waals surface area contributed by atoms with Crippen LogP contribution in [0.3, 0.4) is 0 Å². The van der Waals surface area contributed by atoms with E-state index in [0.29, 0.717) is 0 Å². The van der Waals surface area contributed by atoms with Gasteiger partial charge in [-0.3, -0.25) is 4.79 Å². The number of nitrogens with two attached hydrogens (primary N) is 1. The first-order chi connectivity index (χ1) is 7.42. The monoisotopic (exact) mass is 253 g/mol. The fourth-order valence-corrected chi connectivity index (χ4v) is 1.27. The summed E-state index contributed by atoms with van der Waals surface area (Å²) in [6.07, 6.45) is -4.26. The van der Waals surface area contributed by atoms with Crippen molar-refractivity contribution < 1.29 is 22.8 Å². The average Bonchev–Trinajstić information content (AvgIpc) is 2.58. The van der Waals surface area contributed by atoms with Gasteiger partial charge in [-0.2, -0.15) is 13.2 Å². The second-order valence-electron chi connectivity index (χ2n) is 2.55. The van der Waals surface area contributed by atoms with Crippen molar-refractivity contribution in [2.75, 3.05) is 12.3 Å². The number of nitrogens with zero attached hydrogens (tertiary/aromatic N) is 2. The lowest BCUT2D eigenvalue weighted by Crippen LogP contribution is -2.16. The number of thiazole rings is 1. The van der Waals surface area contributed by atoms with Crippen LogP contribution in [0.15, 0.2) is 10.5 Å². The predicted octanol–water partition coefficient (Wildman–Crippen LogP) is 1.21. The van der Waals surface area contributed by atoms with Crippen molar-refractivity contribution in [2.24, 2.45) is 5.16 Å². The number of carbonyl (C=O) groups excluding carboxylic acids is 1. The summed E-state index contributed by atoms with van der Waals surface area (Å²) in [5, 5.41) is 4.60. The molecule has 0 bridgehead atoms. The molecule has 0 aliphatic carbocycles. The van der Waals surface area contributed by atoms with E-state index < -0.39 is 12.8 Å². The first-order valence-corrected chi connectivity index (χ1v) is 4.73. The second-order valence-corrected chi connectivity index (χ2v) is 3.44. The minimum Gasteiger partial charge on any atom is -0.385 e. The maximum atomic E-state index is 11.7. The van der Waals surface area contributed by atoms with E-state index in [1.807, 2.05) is 0 Å². The molecule has 1 rings (SSSR count). The van der Waals surface area contributed by atoms with Gasteiger partial charge in [0, 0.05) is 5.38 Å². The topological polar surface area (TPSA) is 77.6 Å². The van der Waals surface area contributed by atoms with Crippen molar-refractivity contribution in [2.45, 2.75) is 6.18 Å². The fraction of sp³-hybridized carbons (Fsp3) is 0.286. The first kappa shape index (κ1) is 12.4. The molecular weight excluding hydrogens is 247 g/mol. The quantitative estimate of drug-likeness (QED) is 0.497. The maximum Gasteiger partial charge on any atom is 0.425 e. The molecule has 0 unspecified atom stereocenters. The summed E-state index contributed by atoms with van der Waals surface area (Å²) in [5.74, 6) is 0. The van der Waals surface area contributed by atoms with Crippen LogP contribution in [0.1, 0.15) is 5.69 Å². The van der Waals surface area contributed by atoms with Gasteiger partial charge in [-0.25, -0.2) is 4.98 Å². The highest BCUT2D eigenvalue weighted by atomic mass is 32.1. The third-order valence-corrected chi connectivity index (χ3v) is 1.96. The van der Waals surface area contributed by atoms with E-state index in [0.717, 1.165) is 11.3 Å². The van der Waals surface area contributed by atoms with E-state index in [-0.39, 0.29) is 22.8 Å². The van der Waals surface area contributed by atoms with Crippen molar-refractivity contribution >= 4 is 28.5 Å². The summed E-state index contributed by atoms with van der Waals surface area (Å²) in [7, 11) is 0. The fourth-order valence-electron chi connectivity index (χ4n) is 0.709. The van der Waals surface area contributed by atoms with Crippen LogP contribution in [-0.2, 0) is 9.63 Å². The summed E-state index contributed by atoms with van der Waals surface area (Å²) < 4.78 is 35.1. The molecule has 9 heteroatoms. The Kier molecular flexibility index (Phi) is 3.82. The lowest BCUT2D eigenvalue weighted by Gasteiger charge is -2.03. The molecule has 0 amide bonds. The molecule has 0 saturated heterocycles. The van der Waals surface area contributed by atoms with Gasteiger partial charge in [-0.05, 0) is 0 Å². The van der Waals surface area contributed by atoms with Crippen molar-refractivity contribution in [3.05, 3.63) is 11.1 Å². The molecule has 0 radical (unpaired) electrons. The zero-order valence-corrected chi connectivity index (χ0v) is 8.51. The molecule has 1 aromatic rings. The molecule has 0 saturated carbocycles. The highest BCUT2D eigenvalue weighted by Crippen LogP contribution is 2.15. The zero-order valence-electron chi connectivity index (χ0n) is 7.69. The van der Waals surface area contributed by atoms with Crippen molar-refractivity contribution in [3.63, 3.8) is 0 Å². The number of aromatic nitrogens is 1. The van der Waals surface area contributed by atoms with Crippen LogP contribution in [0.25, 0.3) is 0 Å². The highest BCUT2D eigenvalue weighted by molar-refractivity contribution is 7.13. The summed E-state index contributed by atoms with van der Waals surface area (Å²) in [6.45, 7) is -1.57. The van der Waals surface area contributed by atoms with Gasteiger partial charge in [0.25, 0.3) is 0 Å². The molecule has 1 aromatic heterocycles. The number of hydrogen-bond donors (Lipinski definition) is 1. The summed E-state index contributed by atoms with van der Waals surface area (Å²) in [4.78, 5) is 18.1. The van der Waals surface area contributed by atoms with Crippen LogP contribution in [0.4, 0.5) is 18.3 Å². The van der Waals surface area contributed by atoms with E-state index in [9.17, 15) is 18.0 Å². The second kappa shape index (κ2) is 4.92. The highest BCUT2D eigenvalue weighted by Gasteiger charge is 2.28. The van der Waals surface area contributed by atoms with Crippen LogP contribution in [0.5, 0.6) is 0 Å². The van der Waals surface area contributed by atoms with E-state index in [1.54, 1.807) is 0 Å². The first-order valence-electron chi connectivity index (χ1n) is 3.85. The number of carbonyl (C=O) groups is 1. The molecule has 88 valence electrons. The minimum absolute atomic E-state index is 0.0830. The predicted molar refractivity (Wildman–Crippen MR) is 51.1 cm³/mol. The van der Waals surface area contributed by atoms with Gasteiger partial charge in [-0.15, -0.1) is 11.3 Å². The van der Waals surface area contributed by atoms with E-state index >= 15 is 0 Å². The van der Waals surface area contributed by atoms with E-state index in [4.69, 9.17) is 5.73 Å². The Morgan fingerprint density at radius 2 is 2.38 bits per heavy atom. The SMILES string of the molecule is Nc1nc(C(C=O)=NOCC(F)(F)F)cs1. The Balaban J connectivity index is 2.68. The van der Waals surface area contributed by atoms with Crippen molar-refractivity contribution in [3.8, 4) is 0 Å². The lowest BCUT2D eigenvalue weighted by atomic mass is 10.3. The van der Waals surface area contributed by atoms with Gasteiger partial charge in [0.1, 0.15) is 5.69 Å². The molecule has 0 aliphatic rings. The number of rotatable bonds is 4. The molecule has 0 aromatic carbocycles. The molecule has 0 spiro atoms. The Morgan fingerprint density at radius 1 is 1.69 bits per heavy atom. The molecule has 2 N–H and O–H groups in total. The van der Waals surface area contributed by atoms with Gasteiger partial charge >= 0.3 is 6.18 Å². The third kappa shape index (κ3) is 3.85. The molecule has 0 fully saturated rings. The third-order valence-electron chi connectivity index (χ3n) is 1.29. The lowest BCUT2D eigenvalue weighted by molar-refractivity contribution is -0.173. The molecule has 1 heterocycles. The van der Waals surface area contributed by atoms with E-state index in [2.05, 4.69) is 15.0 Å². The summed E-state index contributed by atoms with van der Waals surface area (Å²) in [5.41, 5.74) is 5.03. The number of aldehydes is 1. The Labute approximate surface area is 91.7 Å². The largest absolute Gasteiger partial charge is 0.425 e. The zero-order chi connectivity index (χ0) is 12.2. The van der Waals surface area contributed by atoms with Crippen LogP contribution in [0.2, 0.25) is 0 Å². The average molecular weight is 253 g/mol. The number of alkyl halides is 3. The minimum atomic E-state index is -4.50. The van der Waals surface area contributed by atoms with Gasteiger partial charge < -0.3 is 10.6 Å². The van der Waals surface area contributed by atoms with Crippen LogP contribution in [-0.4, -0.2) is 29.8 Å². The van der Waals surface area contributed by atoms with Crippen LogP contribution < -0.4 is 5.73 Å². The smallest absolute Gasteiger partial charge is 0.385 e. The van der Waals surface area contributed by atoms with Gasteiger partial charge in [-0.1, -0.05) is 5.16 Å². The molecule has 5 nitrogen and oxygen atoms in total. The summed E-state index contributed by atoms with van der Waals surface area (Å²) >= 11 is 1.04. The molecule has 16 heavy (non-hydrogen) atoms. The van der Waals surface area contributed by atoms with Gasteiger partial charge in [0.2, 0.25) is 6.61 Å². The van der Waals surface area contributed by atoms with Crippen LogP contribution in [0, 0.1) is 0 Å². The number of anilines is 1. The number of oxime groups is 1. The van der Waals surface area contributed by atoms with Gasteiger partial charge in [0.15, 0.2) is 17.1 Å². The number of hydrogen-bond acceptors (Lipinski definition) is 6.